The van der Waals surface area contributed by atoms with Gasteiger partial charge in [0.25, 0.3) is 0 Å². The average molecular weight is 805 g/mol. The van der Waals surface area contributed by atoms with Gasteiger partial charge in [-0.25, -0.2) is 0 Å². The second kappa shape index (κ2) is 23.3. The van der Waals surface area contributed by atoms with Crippen LogP contribution in [0.15, 0.2) is 42.0 Å². The fourth-order valence-corrected chi connectivity index (χ4v) is 6.51. The van der Waals surface area contributed by atoms with E-state index in [-0.39, 0.29) is 62.0 Å². The van der Waals surface area contributed by atoms with Crippen molar-refractivity contribution in [3.8, 4) is 0 Å². The molecular formula is C39H60N6O10S. The molecule has 2 unspecified atom stereocenters. The van der Waals surface area contributed by atoms with E-state index in [0.717, 1.165) is 17.3 Å². The second-order valence-corrected chi connectivity index (χ2v) is 16.5. The Morgan fingerprint density at radius 3 is 2.00 bits per heavy atom. The van der Waals surface area contributed by atoms with E-state index in [4.69, 9.17) is 5.11 Å². The third kappa shape index (κ3) is 16.5. The van der Waals surface area contributed by atoms with E-state index in [0.29, 0.717) is 6.29 Å². The van der Waals surface area contributed by atoms with E-state index in [2.05, 4.69) is 21.3 Å². The van der Waals surface area contributed by atoms with E-state index in [1.165, 1.54) is 29.8 Å². The van der Waals surface area contributed by atoms with Crippen LogP contribution in [-0.2, 0) is 43.8 Å². The van der Waals surface area contributed by atoms with Crippen LogP contribution in [-0.4, -0.2) is 138 Å². The summed E-state index contributed by atoms with van der Waals surface area (Å²) in [7, 11) is 4.70. The summed E-state index contributed by atoms with van der Waals surface area (Å²) in [5.74, 6) is -4.49. The first-order valence-electron chi connectivity index (χ1n) is 18.3. The summed E-state index contributed by atoms with van der Waals surface area (Å²) in [5, 5.41) is 28.5. The van der Waals surface area contributed by atoms with Gasteiger partial charge in [0.05, 0.1) is 17.7 Å². The summed E-state index contributed by atoms with van der Waals surface area (Å²) in [4.78, 5) is 102. The number of benzene rings is 1. The van der Waals surface area contributed by atoms with Gasteiger partial charge in [-0.05, 0) is 31.4 Å². The number of nitrogens with zero attached hydrogens (tertiary/aromatic N) is 2. The number of hydrogen-bond donors (Lipinski definition) is 6. The van der Waals surface area contributed by atoms with Gasteiger partial charge >= 0.3 is 11.9 Å². The normalized spacial score (nSPS) is 14.0. The Kier molecular flexibility index (Phi) is 20.5. The molecule has 4 atom stereocenters. The number of carbonyl (C=O) groups excluding carboxylic acids is 6. The van der Waals surface area contributed by atoms with Gasteiger partial charge in [0, 0.05) is 63.3 Å². The Hall–Kier alpha value is -4.77. The number of carboxylic acids is 2. The average Bonchev–Trinajstić information content (AvgIpc) is 3.13. The zero-order valence-electron chi connectivity index (χ0n) is 34.0. The van der Waals surface area contributed by atoms with Crippen molar-refractivity contribution in [1.82, 2.24) is 31.1 Å². The highest BCUT2D eigenvalue weighted by molar-refractivity contribution is 8.00. The maximum absolute atomic E-state index is 13.8. The monoisotopic (exact) mass is 804 g/mol. The fourth-order valence-electron chi connectivity index (χ4n) is 5.58. The highest BCUT2D eigenvalue weighted by atomic mass is 32.2. The number of nitrogens with one attached hydrogen (secondary N) is 4. The molecule has 5 amide bonds. The topological polar surface area (TPSA) is 232 Å². The molecule has 1 aromatic rings. The van der Waals surface area contributed by atoms with Crippen molar-refractivity contribution in [1.29, 1.82) is 0 Å². The van der Waals surface area contributed by atoms with Crippen molar-refractivity contribution >= 4 is 59.5 Å². The van der Waals surface area contributed by atoms with Crippen LogP contribution in [0.1, 0.15) is 72.8 Å². The molecule has 1 aromatic carbocycles. The number of hydrogen-bond acceptors (Lipinski definition) is 10. The van der Waals surface area contributed by atoms with Crippen LogP contribution in [0.3, 0.4) is 0 Å². The first-order chi connectivity index (χ1) is 26.1. The van der Waals surface area contributed by atoms with E-state index >= 15 is 0 Å². The molecule has 1 rings (SSSR count). The Bertz CT molecular complexity index is 1560. The lowest BCUT2D eigenvalue weighted by Crippen LogP contribution is -2.60. The first-order valence-corrected chi connectivity index (χ1v) is 19.4. The zero-order chi connectivity index (χ0) is 42.8. The third-order valence-electron chi connectivity index (χ3n) is 9.21. The van der Waals surface area contributed by atoms with Gasteiger partial charge in [0.2, 0.25) is 29.5 Å². The highest BCUT2D eigenvalue weighted by Gasteiger charge is 2.40. The van der Waals surface area contributed by atoms with E-state index in [9.17, 15) is 43.5 Å². The molecule has 0 spiro atoms. The number of carbonyl (C=O) groups is 8. The van der Waals surface area contributed by atoms with Crippen LogP contribution < -0.4 is 21.3 Å². The molecule has 0 aromatic heterocycles. The summed E-state index contributed by atoms with van der Waals surface area (Å²) in [5.41, 5.74) is -0.197. The lowest BCUT2D eigenvalue weighted by molar-refractivity contribution is -0.139. The molecule has 0 saturated carbocycles. The van der Waals surface area contributed by atoms with Crippen LogP contribution in [0, 0.1) is 5.41 Å². The number of aldehydes is 1. The Labute approximate surface area is 334 Å². The van der Waals surface area contributed by atoms with Gasteiger partial charge in [-0.1, -0.05) is 71.0 Å². The predicted molar refractivity (Wildman–Crippen MR) is 214 cm³/mol. The summed E-state index contributed by atoms with van der Waals surface area (Å²) < 4.78 is 0. The zero-order valence-corrected chi connectivity index (χ0v) is 34.8. The van der Waals surface area contributed by atoms with Crippen molar-refractivity contribution in [2.24, 2.45) is 5.41 Å². The number of aliphatic carboxylic acids is 2. The summed E-state index contributed by atoms with van der Waals surface area (Å²) >= 11 is 1.06. The van der Waals surface area contributed by atoms with Gasteiger partial charge < -0.3 is 46.1 Å². The van der Waals surface area contributed by atoms with Crippen molar-refractivity contribution in [3.63, 3.8) is 0 Å². The predicted octanol–water partition coefficient (Wildman–Crippen LogP) is 1.58. The van der Waals surface area contributed by atoms with Gasteiger partial charge in [-0.2, -0.15) is 0 Å². The van der Waals surface area contributed by atoms with Crippen LogP contribution in [0.5, 0.6) is 0 Å². The lowest BCUT2D eigenvalue weighted by atomic mass is 9.76. The summed E-state index contributed by atoms with van der Waals surface area (Å²) in [6, 6.07) is 6.76. The van der Waals surface area contributed by atoms with Crippen LogP contribution in [0.25, 0.3) is 0 Å². The number of carboxylic acid groups (broad SMARTS) is 2. The van der Waals surface area contributed by atoms with E-state index in [1.54, 1.807) is 14.1 Å². The molecule has 0 bridgehead atoms. The molecule has 17 heteroatoms. The van der Waals surface area contributed by atoms with Gasteiger partial charge in [0.1, 0.15) is 18.4 Å². The molecule has 0 aliphatic carbocycles. The maximum atomic E-state index is 13.8. The molecule has 0 aliphatic rings. The number of thioether (sulfide) groups is 1. The molecule has 56 heavy (non-hydrogen) atoms. The molecule has 312 valence electrons. The molecule has 6 N–H and O–H groups in total. The molecule has 0 radical (unpaired) electrons. The Morgan fingerprint density at radius 1 is 0.857 bits per heavy atom. The van der Waals surface area contributed by atoms with Crippen molar-refractivity contribution in [3.05, 3.63) is 47.5 Å². The Morgan fingerprint density at radius 2 is 1.46 bits per heavy atom. The van der Waals surface area contributed by atoms with Crippen molar-refractivity contribution in [2.75, 3.05) is 46.5 Å². The van der Waals surface area contributed by atoms with Crippen LogP contribution in [0.4, 0.5) is 0 Å². The lowest BCUT2D eigenvalue weighted by Gasteiger charge is -2.38. The number of amides is 5. The van der Waals surface area contributed by atoms with E-state index < -0.39 is 70.3 Å². The summed E-state index contributed by atoms with van der Waals surface area (Å²) in [6.45, 7) is 10.9. The molecular weight excluding hydrogens is 745 g/mol. The summed E-state index contributed by atoms with van der Waals surface area (Å²) in [6.07, 6.45) is 1.13. The second-order valence-electron chi connectivity index (χ2n) is 15.2. The van der Waals surface area contributed by atoms with Gasteiger partial charge in [-0.3, -0.25) is 33.6 Å². The molecule has 16 nitrogen and oxygen atoms in total. The first kappa shape index (κ1) is 49.2. The molecule has 0 aliphatic heterocycles. The molecule has 0 heterocycles. The minimum Gasteiger partial charge on any atom is -0.481 e. The SMILES string of the molecule is CN[C@H](C(=O)NC(C(=O)N(C)C/C=C(\C)C(=O)N[C@@H](CCC(=O)O)C(=O)NCCN(C)C(=O)CC(C=O)SCCC(=O)O)C(C)(C)C)C(C)(C)c1ccccc1. The smallest absolute Gasteiger partial charge is 0.304 e. The maximum Gasteiger partial charge on any atom is 0.304 e. The van der Waals surface area contributed by atoms with Crippen LogP contribution >= 0.6 is 11.8 Å². The van der Waals surface area contributed by atoms with E-state index in [1.807, 2.05) is 65.0 Å². The minimum absolute atomic E-state index is 0.0130. The quantitative estimate of drug-likeness (QED) is 0.0647. The van der Waals surface area contributed by atoms with Gasteiger partial charge in [0.15, 0.2) is 0 Å². The largest absolute Gasteiger partial charge is 0.481 e. The fraction of sp³-hybridized carbons (Fsp3) is 0.590. The van der Waals surface area contributed by atoms with Crippen LogP contribution in [0.2, 0.25) is 0 Å². The highest BCUT2D eigenvalue weighted by Crippen LogP contribution is 2.28. The molecule has 0 saturated heterocycles. The Balaban J connectivity index is 2.93. The van der Waals surface area contributed by atoms with Gasteiger partial charge in [-0.15, -0.1) is 11.8 Å². The van der Waals surface area contributed by atoms with Crippen molar-refractivity contribution < 1.29 is 48.6 Å². The third-order valence-corrected chi connectivity index (χ3v) is 10.4. The number of rotatable bonds is 24. The standard InChI is InChI=1S/C39H60N6O10S/c1-25(17-20-45(9)37(55)33(38(2,3)4)43-36(54)32(40-7)39(5,6)26-13-11-10-12-14-26)34(52)42-28(15-16-30(48)49)35(53)41-19-21-44(8)29(47)23-27(24-46)56-22-18-31(50)51/h10-14,17,24,27-28,32-33,40H,15-16,18-23H2,1-9H3,(H,41,53)(H,42,52)(H,43,54)(H,48,49)(H,50,51)/b25-17+/t27?,28-,32+,33?/m0/s1. The number of likely N-dealkylation sites (N-methyl/N-ethyl adjacent to an activating group) is 3. The van der Waals surface area contributed by atoms with Crippen molar-refractivity contribution in [2.45, 2.75) is 96.0 Å². The molecule has 0 fully saturated rings. The minimum atomic E-state index is -1.23.